The molecule has 2 atom stereocenters. The van der Waals surface area contributed by atoms with E-state index in [1.54, 1.807) is 6.29 Å². The first-order valence-electron chi connectivity index (χ1n) is 14.2. The van der Waals surface area contributed by atoms with Crippen LogP contribution in [0.1, 0.15) is 135 Å². The fraction of sp³-hybridized carbons (Fsp3) is 0.893. The third-order valence-electron chi connectivity index (χ3n) is 6.58. The average Bonchev–Trinajstić information content (AvgIpc) is 2.84. The standard InChI is InChI=1S/C28H54N3O3/c1-2-3-4-5-6-7-8-9-10-11-12-13-14-15-16-20-27(33)31-23-21-25(24-32)28(34)26(30)19-17-18-22-29/h25-26H,2-23,29-30H2,1H3,(H,31,33)/t25?,26-/m0/s1. The second-order valence-electron chi connectivity index (χ2n) is 9.80. The van der Waals surface area contributed by atoms with Gasteiger partial charge >= 0.3 is 0 Å². The summed E-state index contributed by atoms with van der Waals surface area (Å²) in [5, 5.41) is 2.82. The summed E-state index contributed by atoms with van der Waals surface area (Å²) in [6.07, 6.45) is 24.2. The fourth-order valence-electron chi connectivity index (χ4n) is 4.27. The lowest BCUT2D eigenvalue weighted by Gasteiger charge is -2.15. The molecule has 0 aromatic heterocycles. The molecule has 0 saturated carbocycles. The van der Waals surface area contributed by atoms with Gasteiger partial charge in [-0.05, 0) is 32.2 Å². The predicted octanol–water partition coefficient (Wildman–Crippen LogP) is 5.51. The molecule has 0 spiro atoms. The van der Waals surface area contributed by atoms with Crippen LogP contribution in [0, 0.1) is 5.92 Å². The zero-order chi connectivity index (χ0) is 25.3. The monoisotopic (exact) mass is 480 g/mol. The van der Waals surface area contributed by atoms with Gasteiger partial charge in [-0.15, -0.1) is 0 Å². The SMILES string of the molecule is CCCCCCCCCCCCCCCCCC(=O)NCCC([C]=O)C(=O)[C@@H](N)CCCCN. The Morgan fingerprint density at radius 1 is 0.735 bits per heavy atom. The molecule has 0 heterocycles. The Bertz CT molecular complexity index is 499. The van der Waals surface area contributed by atoms with E-state index >= 15 is 0 Å². The van der Waals surface area contributed by atoms with Crippen molar-refractivity contribution in [3.05, 3.63) is 0 Å². The van der Waals surface area contributed by atoms with Crippen molar-refractivity contribution in [3.8, 4) is 0 Å². The number of Topliss-reactive ketones (excluding diaryl/α,β-unsaturated/α-hetero) is 1. The normalized spacial score (nSPS) is 12.9. The van der Waals surface area contributed by atoms with Crippen molar-refractivity contribution in [2.24, 2.45) is 17.4 Å². The molecule has 0 aliphatic heterocycles. The first-order valence-corrected chi connectivity index (χ1v) is 14.2. The molecule has 0 aromatic rings. The van der Waals surface area contributed by atoms with E-state index in [4.69, 9.17) is 11.5 Å². The van der Waals surface area contributed by atoms with E-state index in [1.807, 2.05) is 0 Å². The van der Waals surface area contributed by atoms with Crippen LogP contribution in [0.25, 0.3) is 0 Å². The lowest BCUT2D eigenvalue weighted by Crippen LogP contribution is -2.38. The molecule has 34 heavy (non-hydrogen) atoms. The third kappa shape index (κ3) is 20.1. The number of amides is 1. The highest BCUT2D eigenvalue weighted by atomic mass is 16.2. The molecule has 6 nitrogen and oxygen atoms in total. The maximum Gasteiger partial charge on any atom is 0.219 e. The van der Waals surface area contributed by atoms with E-state index in [1.165, 1.54) is 83.5 Å². The van der Waals surface area contributed by atoms with E-state index in [0.717, 1.165) is 25.7 Å². The number of hydrogen-bond acceptors (Lipinski definition) is 5. The van der Waals surface area contributed by atoms with E-state index in [2.05, 4.69) is 12.2 Å². The van der Waals surface area contributed by atoms with Crippen LogP contribution in [0.15, 0.2) is 0 Å². The number of unbranched alkanes of at least 4 members (excludes halogenated alkanes) is 15. The molecule has 0 fully saturated rings. The Balaban J connectivity index is 3.56. The van der Waals surface area contributed by atoms with Gasteiger partial charge in [-0.25, -0.2) is 0 Å². The quantitative estimate of drug-likeness (QED) is 0.112. The summed E-state index contributed by atoms with van der Waals surface area (Å²) in [6.45, 7) is 3.13. The van der Waals surface area contributed by atoms with E-state index in [9.17, 15) is 14.4 Å². The largest absolute Gasteiger partial charge is 0.356 e. The van der Waals surface area contributed by atoms with Crippen molar-refractivity contribution in [2.75, 3.05) is 13.1 Å². The fourth-order valence-corrected chi connectivity index (χ4v) is 4.27. The Morgan fingerprint density at radius 2 is 1.24 bits per heavy atom. The number of carbonyl (C=O) groups is 2. The molecule has 5 N–H and O–H groups in total. The van der Waals surface area contributed by atoms with Crippen LogP contribution >= 0.6 is 0 Å². The minimum absolute atomic E-state index is 0.0148. The van der Waals surface area contributed by atoms with Gasteiger partial charge < -0.3 is 16.8 Å². The van der Waals surface area contributed by atoms with Crippen LogP contribution in [-0.4, -0.2) is 37.1 Å². The second kappa shape index (κ2) is 24.8. The molecule has 0 saturated heterocycles. The number of nitrogens with two attached hydrogens (primary N) is 2. The summed E-state index contributed by atoms with van der Waals surface area (Å²) < 4.78 is 0. The van der Waals surface area contributed by atoms with Crippen LogP contribution < -0.4 is 16.8 Å². The first kappa shape index (κ1) is 32.7. The minimum Gasteiger partial charge on any atom is -0.356 e. The molecule has 0 aromatic carbocycles. The maximum atomic E-state index is 12.2. The second-order valence-corrected chi connectivity index (χ2v) is 9.80. The molecule has 0 rings (SSSR count). The van der Waals surface area contributed by atoms with Crippen molar-refractivity contribution in [2.45, 2.75) is 141 Å². The van der Waals surface area contributed by atoms with Crippen molar-refractivity contribution < 1.29 is 14.4 Å². The van der Waals surface area contributed by atoms with Gasteiger partial charge in [0.2, 0.25) is 12.2 Å². The highest BCUT2D eigenvalue weighted by molar-refractivity contribution is 5.96. The van der Waals surface area contributed by atoms with Gasteiger partial charge in [0.05, 0.1) is 12.0 Å². The van der Waals surface area contributed by atoms with Gasteiger partial charge in [-0.1, -0.05) is 103 Å². The zero-order valence-electron chi connectivity index (χ0n) is 22.1. The molecular weight excluding hydrogens is 426 g/mol. The molecule has 1 amide bonds. The lowest BCUT2D eigenvalue weighted by molar-refractivity contribution is -0.123. The van der Waals surface area contributed by atoms with Crippen molar-refractivity contribution in [1.29, 1.82) is 0 Å². The van der Waals surface area contributed by atoms with Gasteiger partial charge in [0.1, 0.15) is 0 Å². The highest BCUT2D eigenvalue weighted by Crippen LogP contribution is 2.14. The van der Waals surface area contributed by atoms with Crippen LogP contribution in [-0.2, 0) is 14.4 Å². The Hall–Kier alpha value is -1.27. The molecule has 0 aliphatic rings. The molecular formula is C28H54N3O3. The number of ketones is 1. The maximum absolute atomic E-state index is 12.2. The lowest BCUT2D eigenvalue weighted by atomic mass is 9.93. The molecule has 6 heteroatoms. The van der Waals surface area contributed by atoms with Gasteiger partial charge in [0, 0.05) is 13.0 Å². The first-order chi connectivity index (χ1) is 16.6. The summed E-state index contributed by atoms with van der Waals surface area (Å²) in [6, 6.07) is -0.658. The van der Waals surface area contributed by atoms with Crippen LogP contribution in [0.5, 0.6) is 0 Å². The smallest absolute Gasteiger partial charge is 0.219 e. The Morgan fingerprint density at radius 3 is 1.71 bits per heavy atom. The summed E-state index contributed by atoms with van der Waals surface area (Å²) in [5.74, 6) is -1.17. The topological polar surface area (TPSA) is 115 Å². The van der Waals surface area contributed by atoms with E-state index in [0.29, 0.717) is 25.9 Å². The van der Waals surface area contributed by atoms with Crippen LogP contribution in [0.4, 0.5) is 0 Å². The van der Waals surface area contributed by atoms with Crippen molar-refractivity contribution >= 4 is 18.0 Å². The third-order valence-corrected chi connectivity index (χ3v) is 6.58. The zero-order valence-corrected chi connectivity index (χ0v) is 22.1. The van der Waals surface area contributed by atoms with Crippen LogP contribution in [0.3, 0.4) is 0 Å². The van der Waals surface area contributed by atoms with Gasteiger partial charge in [0.25, 0.3) is 0 Å². The van der Waals surface area contributed by atoms with Crippen LogP contribution in [0.2, 0.25) is 0 Å². The van der Waals surface area contributed by atoms with E-state index in [-0.39, 0.29) is 18.1 Å². The van der Waals surface area contributed by atoms with E-state index < -0.39 is 12.0 Å². The number of nitrogens with one attached hydrogen (secondary N) is 1. The number of hydrogen-bond donors (Lipinski definition) is 3. The Kier molecular flexibility index (Phi) is 23.9. The molecule has 199 valence electrons. The number of rotatable bonds is 26. The Labute approximate surface area is 209 Å². The molecule has 0 aliphatic carbocycles. The van der Waals surface area contributed by atoms with Crippen molar-refractivity contribution in [1.82, 2.24) is 5.32 Å². The predicted molar refractivity (Wildman–Crippen MR) is 142 cm³/mol. The van der Waals surface area contributed by atoms with Gasteiger partial charge in [-0.2, -0.15) is 0 Å². The average molecular weight is 481 g/mol. The minimum atomic E-state index is -0.862. The van der Waals surface area contributed by atoms with Crippen molar-refractivity contribution in [3.63, 3.8) is 0 Å². The van der Waals surface area contributed by atoms with Gasteiger partial charge in [0.15, 0.2) is 5.78 Å². The molecule has 0 bridgehead atoms. The summed E-state index contributed by atoms with van der Waals surface area (Å²) in [7, 11) is 0. The number of carbonyl (C=O) groups excluding carboxylic acids is 3. The highest BCUT2D eigenvalue weighted by Gasteiger charge is 2.24. The molecule has 1 radical (unpaired) electrons. The van der Waals surface area contributed by atoms with Gasteiger partial charge in [-0.3, -0.25) is 14.4 Å². The summed E-state index contributed by atoms with van der Waals surface area (Å²) in [5.41, 5.74) is 11.3. The summed E-state index contributed by atoms with van der Waals surface area (Å²) in [4.78, 5) is 35.4. The molecule has 1 unspecified atom stereocenters. The summed E-state index contributed by atoms with van der Waals surface area (Å²) >= 11 is 0.